The predicted molar refractivity (Wildman–Crippen MR) is 29.6 cm³/mol. The zero-order valence-corrected chi connectivity index (χ0v) is 5.10. The monoisotopic (exact) mass is 156 g/mol. The van der Waals surface area contributed by atoms with E-state index < -0.39 is 22.5 Å². The highest BCUT2D eigenvalue weighted by atomic mass is 16.6. The molecule has 0 bridgehead atoms. The summed E-state index contributed by atoms with van der Waals surface area (Å²) in [5, 5.41) is 20.0. The zero-order valence-electron chi connectivity index (χ0n) is 5.10. The number of carboxylic acid groups (broad SMARTS) is 1. The van der Waals surface area contributed by atoms with Crippen LogP contribution in [-0.2, 0) is 0 Å². The quantitative estimate of drug-likeness (QED) is 0.421. The molecule has 0 aliphatic rings. The molecule has 11 heavy (non-hydrogen) atoms. The van der Waals surface area contributed by atoms with Crippen molar-refractivity contribution in [3.63, 3.8) is 0 Å². The highest BCUT2D eigenvalue weighted by molar-refractivity contribution is 5.81. The number of carbonyl (C=O) groups excluding carboxylic acids is 1. The Kier molecular flexibility index (Phi) is 1.55. The first-order chi connectivity index (χ1) is 5.11. The van der Waals surface area contributed by atoms with E-state index >= 15 is 0 Å². The summed E-state index contributed by atoms with van der Waals surface area (Å²) in [7, 11) is 0. The van der Waals surface area contributed by atoms with Crippen LogP contribution in [0.1, 0.15) is 10.6 Å². The maximum Gasteiger partial charge on any atom is 0.340 e. The molecule has 58 valence electrons. The average Bonchev–Trinajstić information content (AvgIpc) is 2.33. The van der Waals surface area contributed by atoms with Gasteiger partial charge in [0.05, 0.1) is 0 Å². The van der Waals surface area contributed by atoms with Crippen LogP contribution in [0.5, 0.6) is 0 Å². The fraction of sp³-hybridized carbons (Fsp3) is 0. The third-order valence-electron chi connectivity index (χ3n) is 0.952. The Hall–Kier alpha value is -1.92. The van der Waals surface area contributed by atoms with Crippen molar-refractivity contribution in [3.05, 3.63) is 22.1 Å². The molecule has 0 fully saturated rings. The average molecular weight is 156 g/mol. The summed E-state index contributed by atoms with van der Waals surface area (Å²) in [6.07, 6.45) is 0.811. The van der Waals surface area contributed by atoms with Gasteiger partial charge >= 0.3 is 5.82 Å². The van der Waals surface area contributed by atoms with Gasteiger partial charge in [0, 0.05) is 0 Å². The van der Waals surface area contributed by atoms with Gasteiger partial charge in [-0.25, -0.2) is 9.97 Å². The predicted octanol–water partition coefficient (Wildman–Crippen LogP) is -1.32. The van der Waals surface area contributed by atoms with Crippen molar-refractivity contribution in [2.45, 2.75) is 0 Å². The summed E-state index contributed by atoms with van der Waals surface area (Å²) in [6, 6.07) is 0. The summed E-state index contributed by atoms with van der Waals surface area (Å²) in [4.78, 5) is 24.3. The Labute approximate surface area is 59.8 Å². The van der Waals surface area contributed by atoms with E-state index in [0.717, 1.165) is 6.20 Å². The van der Waals surface area contributed by atoms with Crippen LogP contribution in [-0.4, -0.2) is 20.9 Å². The molecular formula is C4H2N3O4-. The number of hydrogen-bond donors (Lipinski definition) is 1. The van der Waals surface area contributed by atoms with Gasteiger partial charge in [-0.15, -0.1) is 0 Å². The summed E-state index contributed by atoms with van der Waals surface area (Å²) >= 11 is 0. The molecule has 0 spiro atoms. The van der Waals surface area contributed by atoms with Crippen LogP contribution in [0.2, 0.25) is 0 Å². The van der Waals surface area contributed by atoms with E-state index in [4.69, 9.17) is 0 Å². The van der Waals surface area contributed by atoms with Crippen LogP contribution < -0.4 is 5.11 Å². The first kappa shape index (κ1) is 7.19. The van der Waals surface area contributed by atoms with Crippen molar-refractivity contribution in [1.29, 1.82) is 0 Å². The smallest absolute Gasteiger partial charge is 0.340 e. The lowest BCUT2D eigenvalue weighted by Crippen LogP contribution is -2.23. The minimum atomic E-state index is -1.57. The molecule has 1 heterocycles. The van der Waals surface area contributed by atoms with Gasteiger partial charge in [0.15, 0.2) is 0 Å². The maximum absolute atomic E-state index is 10.0. The van der Waals surface area contributed by atoms with Crippen molar-refractivity contribution in [2.75, 3.05) is 0 Å². The number of imidazole rings is 1. The lowest BCUT2D eigenvalue weighted by molar-refractivity contribution is -0.389. The van der Waals surface area contributed by atoms with Crippen LogP contribution in [0.15, 0.2) is 6.20 Å². The van der Waals surface area contributed by atoms with Gasteiger partial charge in [-0.1, -0.05) is 0 Å². The van der Waals surface area contributed by atoms with E-state index in [-0.39, 0.29) is 0 Å². The van der Waals surface area contributed by atoms with Crippen molar-refractivity contribution >= 4 is 11.8 Å². The molecule has 7 nitrogen and oxygen atoms in total. The molecule has 0 saturated carbocycles. The molecule has 0 aliphatic heterocycles. The number of aromatic nitrogens is 2. The highest BCUT2D eigenvalue weighted by Gasteiger charge is 2.09. The number of aromatic carboxylic acids is 1. The Balaban J connectivity index is 2.99. The standard InChI is InChI=1S/C4H3N3O4/c8-4(9)3-5-1-2(6-3)7(10)11/h1H,(H,5,6)(H,8,9)/p-1. The minimum Gasteiger partial charge on any atom is -0.540 e. The number of hydrogen-bond acceptors (Lipinski definition) is 5. The Morgan fingerprint density at radius 3 is 2.64 bits per heavy atom. The van der Waals surface area contributed by atoms with Gasteiger partial charge in [-0.05, 0) is 4.92 Å². The minimum absolute atomic E-state index is 0.468. The van der Waals surface area contributed by atoms with Crippen LogP contribution in [0, 0.1) is 10.1 Å². The molecular weight excluding hydrogens is 154 g/mol. The van der Waals surface area contributed by atoms with Gasteiger partial charge in [-0.2, -0.15) is 0 Å². The van der Waals surface area contributed by atoms with Gasteiger partial charge in [-0.3, -0.25) is 0 Å². The first-order valence-corrected chi connectivity index (χ1v) is 2.52. The lowest BCUT2D eigenvalue weighted by atomic mass is 10.6. The molecule has 0 atom stereocenters. The number of rotatable bonds is 2. The topological polar surface area (TPSA) is 112 Å². The van der Waals surface area contributed by atoms with Crippen molar-refractivity contribution in [1.82, 2.24) is 9.97 Å². The van der Waals surface area contributed by atoms with Gasteiger partial charge in [0.2, 0.25) is 5.82 Å². The number of nitrogens with zero attached hydrogens (tertiary/aromatic N) is 2. The van der Waals surface area contributed by atoms with E-state index in [2.05, 4.69) is 4.98 Å². The molecule has 0 unspecified atom stereocenters. The second-order valence-electron chi connectivity index (χ2n) is 1.66. The number of nitro groups is 1. The fourth-order valence-corrected chi connectivity index (χ4v) is 0.508. The Bertz CT molecular complexity index is 276. The second kappa shape index (κ2) is 2.37. The molecule has 0 amide bonds. The van der Waals surface area contributed by atoms with Crippen LogP contribution >= 0.6 is 0 Å². The SMILES string of the molecule is O=C([O-])c1ncc([N+](=O)[O-])[nH]1. The molecule has 1 aromatic heterocycles. The van der Waals surface area contributed by atoms with Gasteiger partial charge in [0.1, 0.15) is 12.2 Å². The third kappa shape index (κ3) is 1.31. The van der Waals surface area contributed by atoms with Crippen molar-refractivity contribution < 1.29 is 14.8 Å². The number of carboxylic acids is 1. The number of nitrogens with one attached hydrogen (secondary N) is 1. The van der Waals surface area contributed by atoms with Crippen molar-refractivity contribution in [2.24, 2.45) is 0 Å². The highest BCUT2D eigenvalue weighted by Crippen LogP contribution is 2.04. The Morgan fingerprint density at radius 1 is 1.73 bits per heavy atom. The fourth-order valence-electron chi connectivity index (χ4n) is 0.508. The summed E-state index contributed by atoms with van der Waals surface area (Å²) in [6.45, 7) is 0. The zero-order chi connectivity index (χ0) is 8.43. The maximum atomic E-state index is 10.0. The number of aromatic amines is 1. The second-order valence-corrected chi connectivity index (χ2v) is 1.66. The largest absolute Gasteiger partial charge is 0.540 e. The molecule has 0 aliphatic carbocycles. The number of H-pyrrole nitrogens is 1. The molecule has 0 saturated heterocycles. The molecule has 0 aromatic carbocycles. The van der Waals surface area contributed by atoms with Crippen LogP contribution in [0.3, 0.4) is 0 Å². The molecule has 1 aromatic rings. The third-order valence-corrected chi connectivity index (χ3v) is 0.952. The van der Waals surface area contributed by atoms with Crippen LogP contribution in [0.25, 0.3) is 0 Å². The van der Waals surface area contributed by atoms with Crippen molar-refractivity contribution in [3.8, 4) is 0 Å². The Morgan fingerprint density at radius 2 is 2.36 bits per heavy atom. The lowest BCUT2D eigenvalue weighted by Gasteiger charge is -1.89. The van der Waals surface area contributed by atoms with E-state index in [0.29, 0.717) is 0 Å². The van der Waals surface area contributed by atoms with E-state index in [1.807, 2.05) is 4.98 Å². The van der Waals surface area contributed by atoms with Gasteiger partial charge < -0.3 is 20.0 Å². The van der Waals surface area contributed by atoms with E-state index in [1.54, 1.807) is 0 Å². The number of carbonyl (C=O) groups is 1. The molecule has 1 rings (SSSR count). The summed E-state index contributed by atoms with van der Waals surface area (Å²) < 4.78 is 0. The summed E-state index contributed by atoms with van der Waals surface area (Å²) in [5.41, 5.74) is 0. The van der Waals surface area contributed by atoms with Crippen LogP contribution in [0.4, 0.5) is 5.82 Å². The normalized spacial score (nSPS) is 9.45. The molecule has 0 radical (unpaired) electrons. The first-order valence-electron chi connectivity index (χ1n) is 2.52. The molecule has 7 heteroatoms. The molecule has 1 N–H and O–H groups in total. The van der Waals surface area contributed by atoms with E-state index in [1.165, 1.54) is 0 Å². The van der Waals surface area contributed by atoms with Gasteiger partial charge in [0.25, 0.3) is 0 Å². The van der Waals surface area contributed by atoms with E-state index in [9.17, 15) is 20.0 Å². The summed E-state index contributed by atoms with van der Waals surface area (Å²) in [5.74, 6) is -2.58.